The molecule has 0 aliphatic heterocycles. The lowest BCUT2D eigenvalue weighted by molar-refractivity contribution is -0.384. The van der Waals surface area contributed by atoms with E-state index in [1.165, 1.54) is 30.3 Å². The van der Waals surface area contributed by atoms with Gasteiger partial charge < -0.3 is 10.1 Å². The molecule has 0 unspecified atom stereocenters. The number of hydrogen-bond donors (Lipinski definition) is 1. The van der Waals surface area contributed by atoms with Crippen molar-refractivity contribution in [1.29, 1.82) is 0 Å². The Morgan fingerprint density at radius 3 is 2.16 bits per heavy atom. The highest BCUT2D eigenvalue weighted by molar-refractivity contribution is 6.08. The summed E-state index contributed by atoms with van der Waals surface area (Å²) in [6.45, 7) is 1.36. The van der Waals surface area contributed by atoms with Gasteiger partial charge in [0.15, 0.2) is 12.4 Å². The average molecular weight is 418 g/mol. The SMILES string of the molecule is Cc1ccc(C(=O)Nc2ccccc2C(=O)OCC(=O)c2ccc([N+](=O)[O-])cc2)cc1. The number of nitro benzene ring substituents is 1. The Hall–Kier alpha value is -4.33. The van der Waals surface area contributed by atoms with Crippen LogP contribution in [0, 0.1) is 17.0 Å². The van der Waals surface area contributed by atoms with E-state index in [2.05, 4.69) is 5.32 Å². The molecule has 0 aromatic heterocycles. The van der Waals surface area contributed by atoms with Crippen LogP contribution in [0.15, 0.2) is 72.8 Å². The third-order valence-corrected chi connectivity index (χ3v) is 4.44. The molecule has 0 radical (unpaired) electrons. The molecule has 1 N–H and O–H groups in total. The fourth-order valence-electron chi connectivity index (χ4n) is 2.73. The van der Waals surface area contributed by atoms with E-state index in [1.54, 1.807) is 42.5 Å². The van der Waals surface area contributed by atoms with Gasteiger partial charge in [0, 0.05) is 23.3 Å². The van der Waals surface area contributed by atoms with Gasteiger partial charge in [0.25, 0.3) is 11.6 Å². The number of anilines is 1. The van der Waals surface area contributed by atoms with E-state index in [-0.39, 0.29) is 28.4 Å². The number of amides is 1. The lowest BCUT2D eigenvalue weighted by Crippen LogP contribution is -2.18. The topological polar surface area (TPSA) is 116 Å². The van der Waals surface area contributed by atoms with Crippen molar-refractivity contribution in [3.8, 4) is 0 Å². The number of nitrogens with one attached hydrogen (secondary N) is 1. The number of benzene rings is 3. The zero-order valence-electron chi connectivity index (χ0n) is 16.5. The third kappa shape index (κ3) is 5.39. The number of esters is 1. The first-order valence-electron chi connectivity index (χ1n) is 9.27. The van der Waals surface area contributed by atoms with Gasteiger partial charge in [-0.25, -0.2) is 4.79 Å². The van der Waals surface area contributed by atoms with Crippen molar-refractivity contribution in [2.24, 2.45) is 0 Å². The summed E-state index contributed by atoms with van der Waals surface area (Å²) in [4.78, 5) is 47.3. The number of para-hydroxylation sites is 1. The Morgan fingerprint density at radius 1 is 0.903 bits per heavy atom. The molecule has 0 saturated heterocycles. The summed E-state index contributed by atoms with van der Waals surface area (Å²) < 4.78 is 5.09. The number of ether oxygens (including phenoxy) is 1. The van der Waals surface area contributed by atoms with Crippen LogP contribution in [0.4, 0.5) is 11.4 Å². The van der Waals surface area contributed by atoms with E-state index in [0.717, 1.165) is 5.56 Å². The summed E-state index contributed by atoms with van der Waals surface area (Å²) in [5.74, 6) is -1.68. The molecule has 0 fully saturated rings. The fraction of sp³-hybridized carbons (Fsp3) is 0.0870. The Bertz CT molecular complexity index is 1140. The zero-order chi connectivity index (χ0) is 22.4. The molecule has 0 heterocycles. The van der Waals surface area contributed by atoms with Crippen LogP contribution < -0.4 is 5.32 Å². The van der Waals surface area contributed by atoms with Crippen molar-refractivity contribution < 1.29 is 24.0 Å². The van der Waals surface area contributed by atoms with Crippen LogP contribution in [-0.2, 0) is 4.74 Å². The highest BCUT2D eigenvalue weighted by Crippen LogP contribution is 2.18. The number of nitro groups is 1. The van der Waals surface area contributed by atoms with E-state index in [4.69, 9.17) is 4.74 Å². The molecular formula is C23H18N2O6. The summed E-state index contributed by atoms with van der Waals surface area (Å²) in [6.07, 6.45) is 0. The van der Waals surface area contributed by atoms with Gasteiger partial charge in [0.2, 0.25) is 0 Å². The van der Waals surface area contributed by atoms with Crippen molar-refractivity contribution in [3.63, 3.8) is 0 Å². The Morgan fingerprint density at radius 2 is 1.52 bits per heavy atom. The molecule has 3 rings (SSSR count). The second-order valence-corrected chi connectivity index (χ2v) is 6.67. The molecule has 0 bridgehead atoms. The Kier molecular flexibility index (Phi) is 6.51. The molecule has 0 atom stereocenters. The summed E-state index contributed by atoms with van der Waals surface area (Å²) >= 11 is 0. The first-order chi connectivity index (χ1) is 14.8. The van der Waals surface area contributed by atoms with Gasteiger partial charge in [-0.15, -0.1) is 0 Å². The number of rotatable bonds is 7. The van der Waals surface area contributed by atoms with Crippen molar-refractivity contribution in [2.75, 3.05) is 11.9 Å². The minimum Gasteiger partial charge on any atom is -0.454 e. The van der Waals surface area contributed by atoms with Crippen molar-refractivity contribution in [3.05, 3.63) is 105 Å². The molecule has 8 nitrogen and oxygen atoms in total. The van der Waals surface area contributed by atoms with E-state index in [9.17, 15) is 24.5 Å². The minimum absolute atomic E-state index is 0.0967. The summed E-state index contributed by atoms with van der Waals surface area (Å²) in [7, 11) is 0. The molecule has 1 amide bonds. The molecule has 3 aromatic rings. The lowest BCUT2D eigenvalue weighted by atomic mass is 10.1. The number of non-ortho nitro benzene ring substituents is 1. The van der Waals surface area contributed by atoms with Gasteiger partial charge in [-0.2, -0.15) is 0 Å². The smallest absolute Gasteiger partial charge is 0.340 e. The number of ketones is 1. The lowest BCUT2D eigenvalue weighted by Gasteiger charge is -2.11. The van der Waals surface area contributed by atoms with Gasteiger partial charge in [-0.3, -0.25) is 19.7 Å². The first-order valence-corrected chi connectivity index (χ1v) is 9.27. The summed E-state index contributed by atoms with van der Waals surface area (Å²) in [5.41, 5.74) is 1.83. The fourth-order valence-corrected chi connectivity index (χ4v) is 2.73. The van der Waals surface area contributed by atoms with Crippen molar-refractivity contribution in [1.82, 2.24) is 0 Å². The van der Waals surface area contributed by atoms with Crippen LogP contribution >= 0.6 is 0 Å². The van der Waals surface area contributed by atoms with E-state index < -0.39 is 23.3 Å². The molecule has 0 spiro atoms. The van der Waals surface area contributed by atoms with Gasteiger partial charge in [0.1, 0.15) is 0 Å². The summed E-state index contributed by atoms with van der Waals surface area (Å²) in [6, 6.07) is 18.2. The minimum atomic E-state index is -0.782. The third-order valence-electron chi connectivity index (χ3n) is 4.44. The highest BCUT2D eigenvalue weighted by Gasteiger charge is 2.17. The van der Waals surface area contributed by atoms with Crippen LogP contribution in [0.1, 0.15) is 36.6 Å². The number of carbonyl (C=O) groups excluding carboxylic acids is 3. The number of aryl methyl sites for hydroxylation is 1. The zero-order valence-corrected chi connectivity index (χ0v) is 16.5. The van der Waals surface area contributed by atoms with Crippen LogP contribution in [0.2, 0.25) is 0 Å². The van der Waals surface area contributed by atoms with Gasteiger partial charge >= 0.3 is 5.97 Å². The van der Waals surface area contributed by atoms with E-state index in [1.807, 2.05) is 6.92 Å². The Labute approximate surface area is 177 Å². The number of Topliss-reactive ketones (excluding diaryl/α,β-unsaturated/α-hetero) is 1. The Balaban J connectivity index is 1.66. The van der Waals surface area contributed by atoms with Gasteiger partial charge in [-0.05, 0) is 43.3 Å². The average Bonchev–Trinajstić information content (AvgIpc) is 2.78. The number of nitrogens with zero attached hydrogens (tertiary/aromatic N) is 1. The predicted octanol–water partition coefficient (Wildman–Crippen LogP) is 4.20. The predicted molar refractivity (Wildman–Crippen MR) is 113 cm³/mol. The monoisotopic (exact) mass is 418 g/mol. The molecule has 31 heavy (non-hydrogen) atoms. The standard InChI is InChI=1S/C23H18N2O6/c1-15-6-8-17(9-7-15)22(27)24-20-5-3-2-4-19(20)23(28)31-14-21(26)16-10-12-18(13-11-16)25(29)30/h2-13H,14H2,1H3,(H,24,27). The molecular weight excluding hydrogens is 400 g/mol. The maximum atomic E-state index is 12.5. The van der Waals surface area contributed by atoms with Crippen LogP contribution in [0.5, 0.6) is 0 Å². The number of carbonyl (C=O) groups is 3. The number of hydrogen-bond acceptors (Lipinski definition) is 6. The first kappa shape index (κ1) is 21.4. The van der Waals surface area contributed by atoms with Crippen LogP contribution in [0.3, 0.4) is 0 Å². The molecule has 0 aliphatic rings. The van der Waals surface area contributed by atoms with Gasteiger partial charge in [0.05, 0.1) is 16.2 Å². The molecule has 3 aromatic carbocycles. The second kappa shape index (κ2) is 9.45. The molecule has 8 heteroatoms. The molecule has 0 saturated carbocycles. The van der Waals surface area contributed by atoms with E-state index in [0.29, 0.717) is 5.56 Å². The molecule has 0 aliphatic carbocycles. The largest absolute Gasteiger partial charge is 0.454 e. The van der Waals surface area contributed by atoms with Crippen molar-refractivity contribution in [2.45, 2.75) is 6.92 Å². The van der Waals surface area contributed by atoms with Crippen LogP contribution in [0.25, 0.3) is 0 Å². The normalized spacial score (nSPS) is 10.2. The second-order valence-electron chi connectivity index (χ2n) is 6.67. The summed E-state index contributed by atoms with van der Waals surface area (Å²) in [5, 5.41) is 13.4. The van der Waals surface area contributed by atoms with Crippen LogP contribution in [-0.4, -0.2) is 29.2 Å². The maximum absolute atomic E-state index is 12.5. The van der Waals surface area contributed by atoms with E-state index >= 15 is 0 Å². The van der Waals surface area contributed by atoms with Gasteiger partial charge in [-0.1, -0.05) is 29.8 Å². The van der Waals surface area contributed by atoms with Crippen molar-refractivity contribution >= 4 is 29.0 Å². The molecule has 156 valence electrons. The quantitative estimate of drug-likeness (QED) is 0.266. The highest BCUT2D eigenvalue weighted by atomic mass is 16.6. The maximum Gasteiger partial charge on any atom is 0.340 e.